The van der Waals surface area contributed by atoms with E-state index in [-0.39, 0.29) is 36.1 Å². The molecule has 124 valence electrons. The Balaban J connectivity index is 0.00000441. The van der Waals surface area contributed by atoms with Gasteiger partial charge in [-0.3, -0.25) is 20.4 Å². The molecule has 0 aromatic carbocycles. The predicted molar refractivity (Wildman–Crippen MR) is 88.4 cm³/mol. The van der Waals surface area contributed by atoms with Crippen LogP contribution in [0.5, 0.6) is 0 Å². The van der Waals surface area contributed by atoms with E-state index in [9.17, 15) is 10.1 Å². The number of nitrogens with one attached hydrogen (secondary N) is 2. The molecule has 1 rings (SSSR count). The zero-order chi connectivity index (χ0) is 16.0. The number of amidine groups is 1. The minimum absolute atomic E-state index is 0. The van der Waals surface area contributed by atoms with E-state index in [0.29, 0.717) is 18.7 Å². The van der Waals surface area contributed by atoms with E-state index in [4.69, 9.17) is 16.9 Å². The molecule has 0 spiro atoms. The summed E-state index contributed by atoms with van der Waals surface area (Å²) in [4.78, 5) is 15.9. The van der Waals surface area contributed by atoms with E-state index in [1.165, 1.54) is 18.3 Å². The minimum atomic E-state index is -0.508. The number of halogens is 1. The molecule has 0 bridgehead atoms. The maximum Gasteiger partial charge on any atom is 0.287 e. The Kier molecular flexibility index (Phi) is 8.31. The van der Waals surface area contributed by atoms with Crippen molar-refractivity contribution in [3.8, 4) is 0 Å². The highest BCUT2D eigenvalue weighted by Crippen LogP contribution is 2.15. The first-order chi connectivity index (χ1) is 9.79. The summed E-state index contributed by atoms with van der Waals surface area (Å²) in [5.41, 5.74) is 11.3. The van der Waals surface area contributed by atoms with E-state index >= 15 is 0 Å². The summed E-state index contributed by atoms with van der Waals surface area (Å²) in [6, 6.07) is 2.72. The SMILES string of the molecule is CN(C)C(N)CC(CC(=N)N)Nc1ccc([N+](=O)[O-])cn1.Cl. The first-order valence-corrected chi connectivity index (χ1v) is 6.41. The number of nitrogens with zero attached hydrogens (tertiary/aromatic N) is 3. The molecule has 0 fully saturated rings. The quantitative estimate of drug-likeness (QED) is 0.181. The number of rotatable bonds is 8. The van der Waals surface area contributed by atoms with Crippen molar-refractivity contribution in [3.05, 3.63) is 28.4 Å². The maximum absolute atomic E-state index is 10.6. The summed E-state index contributed by atoms with van der Waals surface area (Å²) in [6.07, 6.45) is 1.87. The molecule has 0 saturated carbocycles. The molecule has 1 aromatic heterocycles. The van der Waals surface area contributed by atoms with Gasteiger partial charge in [0.15, 0.2) is 0 Å². The van der Waals surface area contributed by atoms with Gasteiger partial charge in [0.2, 0.25) is 0 Å². The Morgan fingerprint density at radius 1 is 1.55 bits per heavy atom. The Morgan fingerprint density at radius 3 is 2.59 bits per heavy atom. The molecule has 0 amide bonds. The fraction of sp³-hybridized carbons (Fsp3) is 0.500. The van der Waals surface area contributed by atoms with Gasteiger partial charge >= 0.3 is 0 Å². The number of aromatic nitrogens is 1. The van der Waals surface area contributed by atoms with Crippen molar-refractivity contribution < 1.29 is 4.92 Å². The van der Waals surface area contributed by atoms with E-state index < -0.39 is 4.92 Å². The summed E-state index contributed by atoms with van der Waals surface area (Å²) in [7, 11) is 3.72. The average molecular weight is 332 g/mol. The topological polar surface area (TPSA) is 147 Å². The van der Waals surface area contributed by atoms with Crippen LogP contribution in [0.15, 0.2) is 18.3 Å². The van der Waals surface area contributed by atoms with Gasteiger partial charge < -0.3 is 16.8 Å². The minimum Gasteiger partial charge on any atom is -0.388 e. The Labute approximate surface area is 135 Å². The highest BCUT2D eigenvalue weighted by atomic mass is 35.5. The fourth-order valence-electron chi connectivity index (χ4n) is 1.75. The predicted octanol–water partition coefficient (Wildman–Crippen LogP) is 0.755. The number of nitrogens with two attached hydrogens (primary N) is 2. The fourth-order valence-corrected chi connectivity index (χ4v) is 1.75. The number of pyridine rings is 1. The van der Waals surface area contributed by atoms with Crippen LogP contribution in [0.4, 0.5) is 11.5 Å². The van der Waals surface area contributed by atoms with Crippen molar-refractivity contribution in [2.45, 2.75) is 25.0 Å². The molecule has 2 atom stereocenters. The van der Waals surface area contributed by atoms with Crippen LogP contribution in [-0.2, 0) is 0 Å². The second-order valence-corrected chi connectivity index (χ2v) is 5.00. The lowest BCUT2D eigenvalue weighted by Crippen LogP contribution is -2.42. The number of hydrogen-bond acceptors (Lipinski definition) is 7. The molecular weight excluding hydrogens is 310 g/mol. The highest BCUT2D eigenvalue weighted by Gasteiger charge is 2.17. The van der Waals surface area contributed by atoms with Gasteiger partial charge in [-0.25, -0.2) is 4.98 Å². The second kappa shape index (κ2) is 9.13. The van der Waals surface area contributed by atoms with Gasteiger partial charge in [-0.1, -0.05) is 0 Å². The zero-order valence-corrected chi connectivity index (χ0v) is 13.3. The molecule has 1 aromatic rings. The number of hydrogen-bond donors (Lipinski definition) is 4. The van der Waals surface area contributed by atoms with Crippen molar-refractivity contribution in [1.29, 1.82) is 5.41 Å². The zero-order valence-electron chi connectivity index (χ0n) is 12.5. The Morgan fingerprint density at radius 2 is 2.18 bits per heavy atom. The van der Waals surface area contributed by atoms with E-state index in [0.717, 1.165) is 0 Å². The molecule has 9 nitrogen and oxygen atoms in total. The van der Waals surface area contributed by atoms with Crippen molar-refractivity contribution in [3.63, 3.8) is 0 Å². The van der Waals surface area contributed by atoms with Crippen molar-refractivity contribution in [2.75, 3.05) is 19.4 Å². The molecule has 0 aliphatic carbocycles. The molecule has 0 radical (unpaired) electrons. The van der Waals surface area contributed by atoms with Crippen LogP contribution in [0.1, 0.15) is 12.8 Å². The number of nitro groups is 1. The van der Waals surface area contributed by atoms with Gasteiger partial charge in [0, 0.05) is 18.5 Å². The number of anilines is 1. The third-order valence-corrected chi connectivity index (χ3v) is 2.97. The maximum atomic E-state index is 10.6. The molecule has 6 N–H and O–H groups in total. The summed E-state index contributed by atoms with van der Waals surface area (Å²) < 4.78 is 0. The van der Waals surface area contributed by atoms with Gasteiger partial charge in [-0.15, -0.1) is 12.4 Å². The molecule has 1 heterocycles. The summed E-state index contributed by atoms with van der Waals surface area (Å²) in [5.74, 6) is 0.526. The van der Waals surface area contributed by atoms with Gasteiger partial charge in [0.1, 0.15) is 12.0 Å². The summed E-state index contributed by atoms with van der Waals surface area (Å²) in [5, 5.41) is 21.1. The van der Waals surface area contributed by atoms with E-state index in [1.54, 1.807) is 0 Å². The Bertz CT molecular complexity index is 495. The molecule has 0 aliphatic rings. The average Bonchev–Trinajstić information content (AvgIpc) is 2.38. The molecular formula is C12H22ClN7O2. The van der Waals surface area contributed by atoms with E-state index in [1.807, 2.05) is 19.0 Å². The molecule has 0 aliphatic heterocycles. The largest absolute Gasteiger partial charge is 0.388 e. The van der Waals surface area contributed by atoms with Crippen molar-refractivity contribution in [2.24, 2.45) is 11.5 Å². The Hall–Kier alpha value is -1.97. The van der Waals surface area contributed by atoms with Crippen LogP contribution in [0.25, 0.3) is 0 Å². The molecule has 10 heteroatoms. The highest BCUT2D eigenvalue weighted by molar-refractivity contribution is 5.85. The van der Waals surface area contributed by atoms with Crippen LogP contribution in [0, 0.1) is 15.5 Å². The third kappa shape index (κ3) is 6.66. The second-order valence-electron chi connectivity index (χ2n) is 5.00. The van der Waals surface area contributed by atoms with Crippen LogP contribution < -0.4 is 16.8 Å². The first kappa shape index (κ1) is 20.0. The van der Waals surface area contributed by atoms with Crippen LogP contribution in [0.3, 0.4) is 0 Å². The first-order valence-electron chi connectivity index (χ1n) is 6.41. The molecule has 2 unspecified atom stereocenters. The monoisotopic (exact) mass is 331 g/mol. The van der Waals surface area contributed by atoms with Crippen LogP contribution in [0.2, 0.25) is 0 Å². The lowest BCUT2D eigenvalue weighted by Gasteiger charge is -2.26. The summed E-state index contributed by atoms with van der Waals surface area (Å²) >= 11 is 0. The lowest BCUT2D eigenvalue weighted by atomic mass is 10.1. The van der Waals surface area contributed by atoms with Gasteiger partial charge in [0.05, 0.1) is 16.9 Å². The third-order valence-electron chi connectivity index (χ3n) is 2.97. The lowest BCUT2D eigenvalue weighted by molar-refractivity contribution is -0.385. The van der Waals surface area contributed by atoms with Gasteiger partial charge in [-0.2, -0.15) is 0 Å². The molecule has 22 heavy (non-hydrogen) atoms. The van der Waals surface area contributed by atoms with Gasteiger partial charge in [-0.05, 0) is 26.6 Å². The normalized spacial score (nSPS) is 13.1. The van der Waals surface area contributed by atoms with Crippen LogP contribution in [-0.4, -0.2) is 46.9 Å². The molecule has 0 saturated heterocycles. The van der Waals surface area contributed by atoms with Crippen molar-refractivity contribution >= 4 is 29.7 Å². The standard InChI is InChI=1S/C12H21N7O2.ClH/c1-18(2)11(15)6-8(5-10(13)14)17-12-4-3-9(7-16-12)19(20)21;/h3-4,7-8,11H,5-6,15H2,1-2H3,(H3,13,14)(H,16,17);1H. The van der Waals surface area contributed by atoms with Crippen molar-refractivity contribution in [1.82, 2.24) is 9.88 Å². The van der Waals surface area contributed by atoms with Gasteiger partial charge in [0.25, 0.3) is 5.69 Å². The van der Waals surface area contributed by atoms with E-state index in [2.05, 4.69) is 10.3 Å². The van der Waals surface area contributed by atoms with Crippen LogP contribution >= 0.6 is 12.4 Å². The smallest absolute Gasteiger partial charge is 0.287 e. The summed E-state index contributed by atoms with van der Waals surface area (Å²) in [6.45, 7) is 0.